The lowest BCUT2D eigenvalue weighted by molar-refractivity contribution is -0.117. The predicted octanol–water partition coefficient (Wildman–Crippen LogP) is 2.99. The monoisotopic (exact) mass is 458 g/mol. The van der Waals surface area contributed by atoms with Gasteiger partial charge in [0.15, 0.2) is 11.5 Å². The molecule has 2 saturated heterocycles. The SMILES string of the molecule is COc1ccc(N2C[C@H](NC(=O)N3CCN(c4cccc(Cl)c4)CC3)CC2=O)cc1OC. The summed E-state index contributed by atoms with van der Waals surface area (Å²) < 4.78 is 10.6. The van der Waals surface area contributed by atoms with Crippen molar-refractivity contribution in [1.82, 2.24) is 10.2 Å². The van der Waals surface area contributed by atoms with Gasteiger partial charge in [-0.2, -0.15) is 0 Å². The number of piperazine rings is 1. The molecule has 0 unspecified atom stereocenters. The molecule has 1 atom stereocenters. The van der Waals surface area contributed by atoms with Crippen molar-refractivity contribution in [2.45, 2.75) is 12.5 Å². The van der Waals surface area contributed by atoms with E-state index < -0.39 is 0 Å². The van der Waals surface area contributed by atoms with E-state index in [-0.39, 0.29) is 24.4 Å². The fourth-order valence-electron chi connectivity index (χ4n) is 4.15. The van der Waals surface area contributed by atoms with Crippen LogP contribution < -0.4 is 24.6 Å². The lowest BCUT2D eigenvalue weighted by Crippen LogP contribution is -2.53. The smallest absolute Gasteiger partial charge is 0.317 e. The zero-order valence-electron chi connectivity index (χ0n) is 18.2. The number of halogens is 1. The van der Waals surface area contributed by atoms with Crippen LogP contribution in [0.25, 0.3) is 0 Å². The van der Waals surface area contributed by atoms with Crippen LogP contribution in [0.15, 0.2) is 42.5 Å². The molecule has 0 radical (unpaired) electrons. The van der Waals surface area contributed by atoms with E-state index >= 15 is 0 Å². The lowest BCUT2D eigenvalue weighted by atomic mass is 10.2. The summed E-state index contributed by atoms with van der Waals surface area (Å²) in [6.07, 6.45) is 0.266. The Bertz CT molecular complexity index is 994. The fraction of sp³-hybridized carbons (Fsp3) is 0.391. The van der Waals surface area contributed by atoms with Gasteiger partial charge in [0, 0.05) is 61.6 Å². The Hall–Kier alpha value is -3.13. The molecule has 2 aliphatic heterocycles. The van der Waals surface area contributed by atoms with Crippen molar-refractivity contribution in [3.63, 3.8) is 0 Å². The normalized spacial score (nSPS) is 18.7. The van der Waals surface area contributed by atoms with Crippen molar-refractivity contribution in [3.8, 4) is 11.5 Å². The zero-order valence-corrected chi connectivity index (χ0v) is 19.0. The van der Waals surface area contributed by atoms with E-state index in [0.29, 0.717) is 36.2 Å². The van der Waals surface area contributed by atoms with E-state index in [0.717, 1.165) is 24.5 Å². The molecular weight excluding hydrogens is 432 g/mol. The number of hydrogen-bond acceptors (Lipinski definition) is 5. The molecule has 0 aliphatic carbocycles. The number of nitrogens with one attached hydrogen (secondary N) is 1. The minimum absolute atomic E-state index is 0.0340. The maximum Gasteiger partial charge on any atom is 0.317 e. The van der Waals surface area contributed by atoms with Gasteiger partial charge in [-0.3, -0.25) is 4.79 Å². The number of carbonyl (C=O) groups excluding carboxylic acids is 2. The van der Waals surface area contributed by atoms with Crippen LogP contribution in [0.3, 0.4) is 0 Å². The molecule has 32 heavy (non-hydrogen) atoms. The van der Waals surface area contributed by atoms with Crippen LogP contribution in [0, 0.1) is 0 Å². The Morgan fingerprint density at radius 3 is 2.44 bits per heavy atom. The van der Waals surface area contributed by atoms with E-state index in [1.807, 2.05) is 30.3 Å². The largest absolute Gasteiger partial charge is 0.493 e. The summed E-state index contributed by atoms with van der Waals surface area (Å²) in [5.74, 6) is 1.13. The number of ether oxygens (including phenoxy) is 2. The average molecular weight is 459 g/mol. The Balaban J connectivity index is 1.32. The Kier molecular flexibility index (Phi) is 6.60. The molecule has 2 aliphatic rings. The van der Waals surface area contributed by atoms with Crippen LogP contribution in [0.4, 0.5) is 16.2 Å². The van der Waals surface area contributed by atoms with Gasteiger partial charge in [-0.25, -0.2) is 4.79 Å². The maximum absolute atomic E-state index is 12.8. The lowest BCUT2D eigenvalue weighted by Gasteiger charge is -2.36. The summed E-state index contributed by atoms with van der Waals surface area (Å²) in [5, 5.41) is 3.72. The summed E-state index contributed by atoms with van der Waals surface area (Å²) in [7, 11) is 3.13. The predicted molar refractivity (Wildman–Crippen MR) is 124 cm³/mol. The minimum atomic E-state index is -0.242. The zero-order chi connectivity index (χ0) is 22.7. The van der Waals surface area contributed by atoms with E-state index in [1.165, 1.54) is 0 Å². The number of rotatable bonds is 5. The number of carbonyl (C=O) groups is 2. The third kappa shape index (κ3) is 4.70. The highest BCUT2D eigenvalue weighted by Crippen LogP contribution is 2.33. The van der Waals surface area contributed by atoms with Crippen LogP contribution in [-0.2, 0) is 4.79 Å². The van der Waals surface area contributed by atoms with Gasteiger partial charge in [0.25, 0.3) is 0 Å². The molecule has 1 N–H and O–H groups in total. The third-order valence-electron chi connectivity index (χ3n) is 5.87. The van der Waals surface area contributed by atoms with Crippen LogP contribution in [0.2, 0.25) is 5.02 Å². The summed E-state index contributed by atoms with van der Waals surface area (Å²) >= 11 is 6.09. The first-order valence-electron chi connectivity index (χ1n) is 10.6. The van der Waals surface area contributed by atoms with Crippen molar-refractivity contribution in [1.29, 1.82) is 0 Å². The van der Waals surface area contributed by atoms with E-state index in [9.17, 15) is 9.59 Å². The Morgan fingerprint density at radius 1 is 1.00 bits per heavy atom. The number of benzene rings is 2. The number of nitrogens with zero attached hydrogens (tertiary/aromatic N) is 3. The number of hydrogen-bond donors (Lipinski definition) is 1. The second-order valence-electron chi connectivity index (χ2n) is 7.85. The number of methoxy groups -OCH3 is 2. The van der Waals surface area contributed by atoms with Gasteiger partial charge in [0.1, 0.15) is 0 Å². The standard InChI is InChI=1S/C23H27ClN4O4/c1-31-20-7-6-19(14-21(20)32-2)28-15-17(13-22(28)29)25-23(30)27-10-8-26(9-11-27)18-5-3-4-16(24)12-18/h3-7,12,14,17H,8-11,13,15H2,1-2H3,(H,25,30)/t17-/m1/s1. The molecule has 0 aromatic heterocycles. The Morgan fingerprint density at radius 2 is 1.75 bits per heavy atom. The highest BCUT2D eigenvalue weighted by molar-refractivity contribution is 6.30. The van der Waals surface area contributed by atoms with E-state index in [4.69, 9.17) is 21.1 Å². The van der Waals surface area contributed by atoms with Gasteiger partial charge < -0.3 is 29.5 Å². The summed E-state index contributed by atoms with van der Waals surface area (Å²) in [6.45, 7) is 3.10. The number of amides is 3. The highest BCUT2D eigenvalue weighted by Gasteiger charge is 2.33. The highest BCUT2D eigenvalue weighted by atomic mass is 35.5. The van der Waals surface area contributed by atoms with Crippen molar-refractivity contribution in [2.75, 3.05) is 56.7 Å². The first kappa shape index (κ1) is 22.1. The summed E-state index contributed by atoms with van der Waals surface area (Å²) in [6, 6.07) is 12.7. The van der Waals surface area contributed by atoms with Crippen LogP contribution in [0.5, 0.6) is 11.5 Å². The maximum atomic E-state index is 12.8. The van der Waals surface area contributed by atoms with Gasteiger partial charge in [-0.05, 0) is 30.3 Å². The van der Waals surface area contributed by atoms with Crippen LogP contribution >= 0.6 is 11.6 Å². The van der Waals surface area contributed by atoms with Crippen LogP contribution in [-0.4, -0.2) is 69.8 Å². The van der Waals surface area contributed by atoms with Crippen molar-refractivity contribution < 1.29 is 19.1 Å². The second kappa shape index (κ2) is 9.56. The van der Waals surface area contributed by atoms with Gasteiger partial charge in [-0.1, -0.05) is 17.7 Å². The minimum Gasteiger partial charge on any atom is -0.493 e. The molecule has 2 aromatic carbocycles. The second-order valence-corrected chi connectivity index (χ2v) is 8.28. The molecule has 0 spiro atoms. The Labute approximate surface area is 192 Å². The van der Waals surface area contributed by atoms with Gasteiger partial charge in [-0.15, -0.1) is 0 Å². The van der Waals surface area contributed by atoms with E-state index in [1.54, 1.807) is 36.2 Å². The first-order chi connectivity index (χ1) is 15.5. The first-order valence-corrected chi connectivity index (χ1v) is 10.9. The van der Waals surface area contributed by atoms with Crippen molar-refractivity contribution in [2.24, 2.45) is 0 Å². The van der Waals surface area contributed by atoms with Crippen LogP contribution in [0.1, 0.15) is 6.42 Å². The average Bonchev–Trinajstić information content (AvgIpc) is 3.18. The molecule has 4 rings (SSSR count). The number of urea groups is 1. The van der Waals surface area contributed by atoms with Crippen molar-refractivity contribution in [3.05, 3.63) is 47.5 Å². The molecule has 0 bridgehead atoms. The molecule has 2 aromatic rings. The summed E-state index contributed by atoms with van der Waals surface area (Å²) in [4.78, 5) is 31.1. The molecule has 170 valence electrons. The topological polar surface area (TPSA) is 74.4 Å². The molecule has 2 fully saturated rings. The molecule has 2 heterocycles. The number of anilines is 2. The van der Waals surface area contributed by atoms with Gasteiger partial charge >= 0.3 is 6.03 Å². The molecule has 9 heteroatoms. The van der Waals surface area contributed by atoms with Crippen molar-refractivity contribution >= 4 is 34.9 Å². The van der Waals surface area contributed by atoms with Gasteiger partial charge in [0.2, 0.25) is 5.91 Å². The molecule has 0 saturated carbocycles. The third-order valence-corrected chi connectivity index (χ3v) is 6.11. The molecule has 3 amide bonds. The molecular formula is C23H27ClN4O4. The molecule has 8 nitrogen and oxygen atoms in total. The fourth-order valence-corrected chi connectivity index (χ4v) is 4.34. The summed E-state index contributed by atoms with van der Waals surface area (Å²) in [5.41, 5.74) is 1.78. The van der Waals surface area contributed by atoms with Gasteiger partial charge in [0.05, 0.1) is 20.3 Å². The van der Waals surface area contributed by atoms with E-state index in [2.05, 4.69) is 10.2 Å². The quantitative estimate of drug-likeness (QED) is 0.745.